The molecule has 0 aromatic rings. The van der Waals surface area contributed by atoms with Gasteiger partial charge in [0.2, 0.25) is 5.53 Å². The molecule has 0 aliphatic carbocycles. The fourth-order valence-corrected chi connectivity index (χ4v) is 1.38. The third-order valence-corrected chi connectivity index (χ3v) is 2.80. The lowest BCUT2D eigenvalue weighted by molar-refractivity contribution is -0.158. The summed E-state index contributed by atoms with van der Waals surface area (Å²) in [6.45, 7) is 8.07. The molecule has 0 aliphatic heterocycles. The standard InChI is InChI=1S/C7H16O3P/c1-5-9-7(3,10-6-2)11(4)8/h5-6H2,1-4H3. The summed E-state index contributed by atoms with van der Waals surface area (Å²) in [5.41, 5.74) is -0.890. The van der Waals surface area contributed by atoms with E-state index >= 15 is 0 Å². The summed E-state index contributed by atoms with van der Waals surface area (Å²) in [6, 6.07) is 0. The van der Waals surface area contributed by atoms with Gasteiger partial charge in [0.25, 0.3) is 0 Å². The highest BCUT2D eigenvalue weighted by atomic mass is 31.1. The maximum Gasteiger partial charge on any atom is 0.237 e. The molecule has 0 saturated heterocycles. The van der Waals surface area contributed by atoms with E-state index in [-0.39, 0.29) is 0 Å². The maximum atomic E-state index is 11.1. The molecule has 0 aliphatic rings. The van der Waals surface area contributed by atoms with Crippen LogP contribution in [0.1, 0.15) is 20.8 Å². The van der Waals surface area contributed by atoms with Crippen molar-refractivity contribution in [3.63, 3.8) is 0 Å². The maximum absolute atomic E-state index is 11.1. The second-order valence-corrected chi connectivity index (χ2v) is 4.07. The van der Waals surface area contributed by atoms with E-state index in [1.165, 1.54) is 0 Å². The van der Waals surface area contributed by atoms with Gasteiger partial charge in [0.1, 0.15) is 7.80 Å². The molecule has 0 amide bonds. The van der Waals surface area contributed by atoms with Crippen LogP contribution >= 0.6 is 7.80 Å². The van der Waals surface area contributed by atoms with Crippen LogP contribution in [0.3, 0.4) is 0 Å². The first-order chi connectivity index (χ1) is 5.06. The van der Waals surface area contributed by atoms with E-state index in [0.717, 1.165) is 0 Å². The van der Waals surface area contributed by atoms with Crippen molar-refractivity contribution >= 4 is 7.80 Å². The molecule has 1 radical (unpaired) electrons. The Balaban J connectivity index is 4.13. The molecule has 0 heterocycles. The SMILES string of the molecule is CCOC(C)(OCC)[P](C)=O. The first-order valence-corrected chi connectivity index (χ1v) is 5.46. The molecule has 0 spiro atoms. The molecule has 3 nitrogen and oxygen atoms in total. The lowest BCUT2D eigenvalue weighted by Crippen LogP contribution is -2.28. The van der Waals surface area contributed by atoms with Gasteiger partial charge in [0.05, 0.1) is 0 Å². The van der Waals surface area contributed by atoms with Crippen molar-refractivity contribution in [1.29, 1.82) is 0 Å². The van der Waals surface area contributed by atoms with Crippen LogP contribution in [0.25, 0.3) is 0 Å². The van der Waals surface area contributed by atoms with Gasteiger partial charge in [0.15, 0.2) is 0 Å². The van der Waals surface area contributed by atoms with Crippen molar-refractivity contribution in [2.45, 2.75) is 26.3 Å². The Labute approximate surface area is 68.9 Å². The predicted octanol–water partition coefficient (Wildman–Crippen LogP) is 2.19. The van der Waals surface area contributed by atoms with Crippen molar-refractivity contribution in [3.8, 4) is 0 Å². The van der Waals surface area contributed by atoms with Gasteiger partial charge in [-0.15, -0.1) is 0 Å². The van der Waals surface area contributed by atoms with Crippen LogP contribution in [-0.2, 0) is 14.0 Å². The fourth-order valence-electron chi connectivity index (χ4n) is 0.759. The minimum atomic E-state index is -1.45. The van der Waals surface area contributed by atoms with Crippen LogP contribution in [-0.4, -0.2) is 25.4 Å². The van der Waals surface area contributed by atoms with E-state index in [9.17, 15) is 4.57 Å². The van der Waals surface area contributed by atoms with Crippen molar-refractivity contribution in [1.82, 2.24) is 0 Å². The lowest BCUT2D eigenvalue weighted by Gasteiger charge is -2.25. The molecule has 67 valence electrons. The van der Waals surface area contributed by atoms with Gasteiger partial charge >= 0.3 is 0 Å². The molecule has 1 atom stereocenters. The smallest absolute Gasteiger partial charge is 0.237 e. The number of hydrogen-bond acceptors (Lipinski definition) is 3. The van der Waals surface area contributed by atoms with E-state index in [1.807, 2.05) is 13.8 Å². The molecule has 0 fully saturated rings. The lowest BCUT2D eigenvalue weighted by atomic mass is 10.7. The highest BCUT2D eigenvalue weighted by Crippen LogP contribution is 2.37. The van der Waals surface area contributed by atoms with Gasteiger partial charge in [-0.05, 0) is 13.8 Å². The molecule has 0 bridgehead atoms. The van der Waals surface area contributed by atoms with E-state index in [1.54, 1.807) is 13.6 Å². The van der Waals surface area contributed by atoms with Gasteiger partial charge in [-0.3, -0.25) is 4.57 Å². The largest absolute Gasteiger partial charge is 0.341 e. The molecule has 0 rings (SSSR count). The minimum absolute atomic E-state index is 0.519. The minimum Gasteiger partial charge on any atom is -0.341 e. The van der Waals surface area contributed by atoms with Gasteiger partial charge in [-0.1, -0.05) is 0 Å². The normalized spacial score (nSPS) is 13.3. The quantitative estimate of drug-likeness (QED) is 0.479. The Bertz CT molecular complexity index is 130. The number of rotatable bonds is 5. The molecule has 0 aromatic heterocycles. The van der Waals surface area contributed by atoms with Crippen LogP contribution in [0.5, 0.6) is 0 Å². The van der Waals surface area contributed by atoms with Crippen LogP contribution in [0.4, 0.5) is 0 Å². The average molecular weight is 179 g/mol. The molecule has 4 heteroatoms. The summed E-state index contributed by atoms with van der Waals surface area (Å²) < 4.78 is 21.6. The molecule has 11 heavy (non-hydrogen) atoms. The Kier molecular flexibility index (Phi) is 4.82. The Morgan fingerprint density at radius 1 is 1.27 bits per heavy atom. The van der Waals surface area contributed by atoms with Crippen molar-refractivity contribution in [2.24, 2.45) is 0 Å². The monoisotopic (exact) mass is 179 g/mol. The van der Waals surface area contributed by atoms with Crippen LogP contribution < -0.4 is 0 Å². The molecular formula is C7H16O3P. The van der Waals surface area contributed by atoms with E-state index in [2.05, 4.69) is 0 Å². The highest BCUT2D eigenvalue weighted by Gasteiger charge is 2.29. The second kappa shape index (κ2) is 4.81. The van der Waals surface area contributed by atoms with Gasteiger partial charge < -0.3 is 9.47 Å². The molecular weight excluding hydrogens is 163 g/mol. The predicted molar refractivity (Wildman–Crippen MR) is 45.2 cm³/mol. The summed E-state index contributed by atoms with van der Waals surface area (Å²) in [7, 11) is -1.45. The van der Waals surface area contributed by atoms with Gasteiger partial charge in [0, 0.05) is 26.8 Å². The summed E-state index contributed by atoms with van der Waals surface area (Å²) in [5, 5.41) is 0. The zero-order chi connectivity index (χ0) is 8.91. The summed E-state index contributed by atoms with van der Waals surface area (Å²) in [5.74, 6) is 0. The molecule has 0 saturated carbocycles. The molecule has 0 N–H and O–H groups in total. The van der Waals surface area contributed by atoms with Crippen LogP contribution in [0.2, 0.25) is 0 Å². The zero-order valence-electron chi connectivity index (χ0n) is 7.59. The Morgan fingerprint density at radius 3 is 1.82 bits per heavy atom. The summed E-state index contributed by atoms with van der Waals surface area (Å²) in [4.78, 5) is 0. The number of hydrogen-bond donors (Lipinski definition) is 0. The summed E-state index contributed by atoms with van der Waals surface area (Å²) in [6.07, 6.45) is 0. The Morgan fingerprint density at radius 2 is 1.64 bits per heavy atom. The topological polar surface area (TPSA) is 35.5 Å². The fraction of sp³-hybridized carbons (Fsp3) is 1.00. The van der Waals surface area contributed by atoms with E-state index < -0.39 is 13.3 Å². The van der Waals surface area contributed by atoms with E-state index in [0.29, 0.717) is 13.2 Å². The first kappa shape index (κ1) is 11.0. The Hall–Kier alpha value is 0.0200. The molecule has 1 unspecified atom stereocenters. The second-order valence-electron chi connectivity index (χ2n) is 2.26. The van der Waals surface area contributed by atoms with Crippen LogP contribution in [0.15, 0.2) is 0 Å². The first-order valence-electron chi connectivity index (χ1n) is 3.75. The summed E-state index contributed by atoms with van der Waals surface area (Å²) >= 11 is 0. The van der Waals surface area contributed by atoms with E-state index in [4.69, 9.17) is 9.47 Å². The molecule has 0 aromatic carbocycles. The van der Waals surface area contributed by atoms with Crippen molar-refractivity contribution in [2.75, 3.05) is 19.9 Å². The number of ether oxygens (including phenoxy) is 2. The third-order valence-electron chi connectivity index (χ3n) is 1.40. The third kappa shape index (κ3) is 3.28. The van der Waals surface area contributed by atoms with Crippen molar-refractivity contribution in [3.05, 3.63) is 0 Å². The average Bonchev–Trinajstić information content (AvgIpc) is 1.88. The van der Waals surface area contributed by atoms with Crippen LogP contribution in [0, 0.1) is 0 Å². The zero-order valence-corrected chi connectivity index (χ0v) is 8.48. The van der Waals surface area contributed by atoms with Gasteiger partial charge in [-0.2, -0.15) is 0 Å². The van der Waals surface area contributed by atoms with Crippen molar-refractivity contribution < 1.29 is 14.0 Å². The van der Waals surface area contributed by atoms with Gasteiger partial charge in [-0.25, -0.2) is 0 Å². The highest BCUT2D eigenvalue weighted by molar-refractivity contribution is 7.45.